The molecule has 2 spiro atoms. The monoisotopic (exact) mass is 450 g/mol. The second-order valence-corrected chi connectivity index (χ2v) is 11.6. The summed E-state index contributed by atoms with van der Waals surface area (Å²) in [6.07, 6.45) is 0.547. The molecule has 0 radical (unpaired) electrons. The van der Waals surface area contributed by atoms with Crippen LogP contribution in [0.25, 0.3) is 0 Å². The van der Waals surface area contributed by atoms with Gasteiger partial charge in [-0.25, -0.2) is 0 Å². The van der Waals surface area contributed by atoms with E-state index in [1.165, 1.54) is 0 Å². The van der Waals surface area contributed by atoms with E-state index in [1.54, 1.807) is 0 Å². The van der Waals surface area contributed by atoms with Gasteiger partial charge in [-0.2, -0.15) is 0 Å². The largest absolute Gasteiger partial charge is 0.392 e. The van der Waals surface area contributed by atoms with Gasteiger partial charge in [0, 0.05) is 18.4 Å². The van der Waals surface area contributed by atoms with Crippen molar-refractivity contribution in [1.82, 2.24) is 0 Å². The first-order chi connectivity index (χ1) is 15.0. The molecule has 7 heteroatoms. The summed E-state index contributed by atoms with van der Waals surface area (Å²) in [5.41, 5.74) is -2.98. The summed E-state index contributed by atoms with van der Waals surface area (Å²) in [6, 6.07) is 0. The summed E-state index contributed by atoms with van der Waals surface area (Å²) in [4.78, 5) is 13.7. The van der Waals surface area contributed by atoms with Crippen molar-refractivity contribution in [3.63, 3.8) is 0 Å². The predicted molar refractivity (Wildman–Crippen MR) is 115 cm³/mol. The molecule has 4 aliphatic carbocycles. The number of ether oxygens (including phenoxy) is 2. The number of Topliss-reactive ketones (excluding diaryl/α,β-unsaturated/α-hetero) is 1. The standard InChI is InChI=1S/C25H38O7/c1-5-6-7-12-31-21-23-15-9-8-14-13(2)18(27)24(15,19(14)28)25(30,32-21)20(29)17(23)22(3,4)11-10-16(23)26/h14-17,19-21,26,28-30H,2,5-12H2,1,3-4H3/t14-,15-,16-,17+,19+,20-,21?,23-,24-,25+/m0/s1. The molecule has 6 rings (SSSR count). The number of carbonyl (C=O) groups is 1. The Bertz CT molecular complexity index is 825. The fourth-order valence-electron chi connectivity index (χ4n) is 8.66. The van der Waals surface area contributed by atoms with Crippen LogP contribution >= 0.6 is 0 Å². The average molecular weight is 451 g/mol. The van der Waals surface area contributed by atoms with E-state index in [4.69, 9.17) is 9.47 Å². The Balaban J connectivity index is 1.71. The summed E-state index contributed by atoms with van der Waals surface area (Å²) >= 11 is 0. The fourth-order valence-corrected chi connectivity index (χ4v) is 8.66. The second-order valence-electron chi connectivity index (χ2n) is 11.6. The minimum absolute atomic E-state index is 0.287. The van der Waals surface area contributed by atoms with E-state index >= 15 is 0 Å². The molecule has 2 aliphatic heterocycles. The normalized spacial score (nSPS) is 53.3. The van der Waals surface area contributed by atoms with Gasteiger partial charge in [0.25, 0.3) is 0 Å². The molecule has 6 aliphatic rings. The molecule has 4 N–H and O–H groups in total. The van der Waals surface area contributed by atoms with Crippen LogP contribution in [0, 0.1) is 34.0 Å². The van der Waals surface area contributed by atoms with Crippen molar-refractivity contribution in [1.29, 1.82) is 0 Å². The third-order valence-corrected chi connectivity index (χ3v) is 9.92. The molecule has 2 saturated heterocycles. The van der Waals surface area contributed by atoms with Gasteiger partial charge in [0.15, 0.2) is 12.1 Å². The molecule has 7 nitrogen and oxygen atoms in total. The predicted octanol–water partition coefficient (Wildman–Crippen LogP) is 1.91. The topological polar surface area (TPSA) is 116 Å². The zero-order valence-electron chi connectivity index (χ0n) is 19.4. The van der Waals surface area contributed by atoms with Gasteiger partial charge >= 0.3 is 0 Å². The molecule has 4 bridgehead atoms. The Kier molecular flexibility index (Phi) is 5.08. The van der Waals surface area contributed by atoms with Crippen molar-refractivity contribution in [3.8, 4) is 0 Å². The lowest BCUT2D eigenvalue weighted by Gasteiger charge is -2.76. The maximum absolute atomic E-state index is 13.7. The van der Waals surface area contributed by atoms with E-state index < -0.39 is 70.2 Å². The minimum Gasteiger partial charge on any atom is -0.392 e. The molecule has 2 heterocycles. The molecule has 0 aromatic carbocycles. The van der Waals surface area contributed by atoms with Gasteiger partial charge in [-0.3, -0.25) is 4.79 Å². The molecule has 0 aromatic rings. The Labute approximate surface area is 189 Å². The highest BCUT2D eigenvalue weighted by atomic mass is 16.8. The highest BCUT2D eigenvalue weighted by molar-refractivity contribution is 6.05. The maximum atomic E-state index is 13.7. The first kappa shape index (κ1) is 22.9. The van der Waals surface area contributed by atoms with Gasteiger partial charge < -0.3 is 29.9 Å². The van der Waals surface area contributed by atoms with Crippen LogP contribution in [-0.4, -0.2) is 63.2 Å². The van der Waals surface area contributed by atoms with Crippen LogP contribution in [0.1, 0.15) is 65.7 Å². The van der Waals surface area contributed by atoms with Crippen LogP contribution in [-0.2, 0) is 14.3 Å². The minimum atomic E-state index is -2.30. The van der Waals surface area contributed by atoms with Gasteiger partial charge in [-0.1, -0.05) is 40.2 Å². The van der Waals surface area contributed by atoms with Crippen molar-refractivity contribution < 1.29 is 34.7 Å². The number of ketones is 1. The van der Waals surface area contributed by atoms with Gasteiger partial charge in [0.2, 0.25) is 5.79 Å². The zero-order chi connectivity index (χ0) is 23.3. The molecule has 32 heavy (non-hydrogen) atoms. The van der Waals surface area contributed by atoms with Gasteiger partial charge in [0.05, 0.1) is 17.6 Å². The Morgan fingerprint density at radius 1 is 1.12 bits per heavy atom. The lowest BCUT2D eigenvalue weighted by molar-refractivity contribution is -0.511. The summed E-state index contributed by atoms with van der Waals surface area (Å²) in [5.74, 6) is -4.33. The van der Waals surface area contributed by atoms with Crippen molar-refractivity contribution in [2.24, 2.45) is 34.0 Å². The van der Waals surface area contributed by atoms with Crippen molar-refractivity contribution in [2.45, 2.75) is 96.1 Å². The number of aliphatic hydroxyl groups is 4. The van der Waals surface area contributed by atoms with E-state index in [9.17, 15) is 25.2 Å². The van der Waals surface area contributed by atoms with Crippen LogP contribution < -0.4 is 0 Å². The van der Waals surface area contributed by atoms with E-state index in [0.29, 0.717) is 32.3 Å². The average Bonchev–Trinajstić information content (AvgIpc) is 2.84. The lowest BCUT2D eigenvalue weighted by Crippen LogP contribution is -2.88. The Morgan fingerprint density at radius 3 is 2.53 bits per heavy atom. The summed E-state index contributed by atoms with van der Waals surface area (Å²) in [7, 11) is 0. The fraction of sp³-hybridized carbons (Fsp3) is 0.880. The third kappa shape index (κ3) is 2.31. The number of fused-ring (bicyclic) bond motifs is 2. The molecule has 10 atom stereocenters. The second kappa shape index (κ2) is 7.09. The molecule has 0 amide bonds. The van der Waals surface area contributed by atoms with Gasteiger partial charge in [-0.15, -0.1) is 0 Å². The molecule has 6 fully saturated rings. The molecule has 1 unspecified atom stereocenters. The quantitative estimate of drug-likeness (QED) is 0.373. The number of aliphatic hydroxyl groups excluding tert-OH is 3. The summed E-state index contributed by atoms with van der Waals surface area (Å²) in [6.45, 7) is 10.5. The van der Waals surface area contributed by atoms with Crippen LogP contribution in [0.2, 0.25) is 0 Å². The molecule has 4 saturated carbocycles. The van der Waals surface area contributed by atoms with Crippen LogP contribution in [0.3, 0.4) is 0 Å². The highest BCUT2D eigenvalue weighted by Crippen LogP contribution is 2.78. The van der Waals surface area contributed by atoms with E-state index in [-0.39, 0.29) is 5.57 Å². The molecular formula is C25H38O7. The number of carbonyl (C=O) groups excluding carboxylic acids is 1. The molecule has 180 valence electrons. The first-order valence-electron chi connectivity index (χ1n) is 12.3. The van der Waals surface area contributed by atoms with Crippen molar-refractivity contribution >= 4 is 5.78 Å². The smallest absolute Gasteiger partial charge is 0.211 e. The summed E-state index contributed by atoms with van der Waals surface area (Å²) < 4.78 is 12.4. The maximum Gasteiger partial charge on any atom is 0.211 e. The van der Waals surface area contributed by atoms with Crippen molar-refractivity contribution in [3.05, 3.63) is 12.2 Å². The van der Waals surface area contributed by atoms with E-state index in [1.807, 2.05) is 13.8 Å². The van der Waals surface area contributed by atoms with Gasteiger partial charge in [0.1, 0.15) is 11.5 Å². The number of hydrogen-bond acceptors (Lipinski definition) is 7. The van der Waals surface area contributed by atoms with Crippen LogP contribution in [0.4, 0.5) is 0 Å². The van der Waals surface area contributed by atoms with Crippen LogP contribution in [0.15, 0.2) is 12.2 Å². The summed E-state index contributed by atoms with van der Waals surface area (Å²) in [5, 5.41) is 46.8. The molecule has 0 aromatic heterocycles. The number of unbranched alkanes of at least 4 members (excludes halogenated alkanes) is 2. The van der Waals surface area contributed by atoms with E-state index in [2.05, 4.69) is 13.5 Å². The zero-order valence-corrected chi connectivity index (χ0v) is 19.4. The Morgan fingerprint density at radius 2 is 1.84 bits per heavy atom. The number of hydrogen-bond donors (Lipinski definition) is 4. The first-order valence-corrected chi connectivity index (χ1v) is 12.3. The highest BCUT2D eigenvalue weighted by Gasteiger charge is 2.89. The SMILES string of the molecule is C=C1C(=O)[C@]23[C@H](O)[C@H]1CC[C@H]2[C@@]12C(OCCCCC)O[C@]3(O)[C@@H](O)[C@@H]1C(C)(C)CC[C@@H]2O. The third-order valence-electron chi connectivity index (χ3n) is 9.92. The van der Waals surface area contributed by atoms with Gasteiger partial charge in [-0.05, 0) is 49.0 Å². The lowest BCUT2D eigenvalue weighted by atomic mass is 9.35. The van der Waals surface area contributed by atoms with E-state index in [0.717, 1.165) is 19.3 Å². The van der Waals surface area contributed by atoms with Crippen LogP contribution in [0.5, 0.6) is 0 Å². The Hall–Kier alpha value is -0.830. The van der Waals surface area contributed by atoms with Crippen molar-refractivity contribution in [2.75, 3.05) is 6.61 Å². The number of rotatable bonds is 5. The molecular weight excluding hydrogens is 412 g/mol.